The summed E-state index contributed by atoms with van der Waals surface area (Å²) in [4.78, 5) is 12.3. The highest BCUT2D eigenvalue weighted by molar-refractivity contribution is 5.88. The lowest BCUT2D eigenvalue weighted by atomic mass is 10.1. The molecule has 1 saturated heterocycles. The van der Waals surface area contributed by atoms with Crippen molar-refractivity contribution in [2.24, 2.45) is 5.92 Å². The zero-order valence-electron chi connectivity index (χ0n) is 9.76. The molecule has 0 aromatic carbocycles. The summed E-state index contributed by atoms with van der Waals surface area (Å²) < 4.78 is 24.7. The van der Waals surface area contributed by atoms with E-state index in [1.54, 1.807) is 6.08 Å². The standard InChI is InChI=1S/C9H13F2NO.C2H6/c1-7(2)3-4-8(13)12-5-9(10,11)6-12;1-2/h3-4,7H,5-6H2,1-2H3;1-2H3/b4-3+;. The molecule has 0 N–H and O–H groups in total. The summed E-state index contributed by atoms with van der Waals surface area (Å²) in [5, 5.41) is 0. The van der Waals surface area contributed by atoms with Gasteiger partial charge in [-0.3, -0.25) is 4.79 Å². The van der Waals surface area contributed by atoms with Gasteiger partial charge in [-0.25, -0.2) is 8.78 Å². The average Bonchev–Trinajstić information content (AvgIpc) is 2.13. The number of likely N-dealkylation sites (tertiary alicyclic amines) is 1. The van der Waals surface area contributed by atoms with Crippen molar-refractivity contribution in [2.45, 2.75) is 33.6 Å². The molecule has 15 heavy (non-hydrogen) atoms. The molecule has 1 rings (SSSR count). The second-order valence-electron chi connectivity index (χ2n) is 3.65. The summed E-state index contributed by atoms with van der Waals surface area (Å²) in [6.45, 7) is 6.98. The van der Waals surface area contributed by atoms with Crippen LogP contribution in [0.2, 0.25) is 0 Å². The van der Waals surface area contributed by atoms with Crippen LogP contribution in [0.15, 0.2) is 12.2 Å². The number of allylic oxidation sites excluding steroid dienone is 1. The molecule has 1 aliphatic heterocycles. The van der Waals surface area contributed by atoms with Crippen LogP contribution in [0.25, 0.3) is 0 Å². The maximum Gasteiger partial charge on any atom is 0.282 e. The number of carbonyl (C=O) groups is 1. The molecule has 88 valence electrons. The van der Waals surface area contributed by atoms with Crippen molar-refractivity contribution in [2.75, 3.05) is 13.1 Å². The van der Waals surface area contributed by atoms with E-state index in [9.17, 15) is 13.6 Å². The van der Waals surface area contributed by atoms with Gasteiger partial charge in [0, 0.05) is 0 Å². The fraction of sp³-hybridized carbons (Fsp3) is 0.727. The molecule has 0 atom stereocenters. The molecule has 0 bridgehead atoms. The Morgan fingerprint density at radius 2 is 1.80 bits per heavy atom. The summed E-state index contributed by atoms with van der Waals surface area (Å²) in [5.74, 6) is -2.72. The predicted molar refractivity (Wildman–Crippen MR) is 56.9 cm³/mol. The fourth-order valence-electron chi connectivity index (χ4n) is 1.05. The van der Waals surface area contributed by atoms with Crippen LogP contribution in [0.5, 0.6) is 0 Å². The van der Waals surface area contributed by atoms with Gasteiger partial charge in [-0.05, 0) is 12.0 Å². The van der Waals surface area contributed by atoms with Crippen molar-refractivity contribution in [3.8, 4) is 0 Å². The highest BCUT2D eigenvalue weighted by Gasteiger charge is 2.45. The van der Waals surface area contributed by atoms with Gasteiger partial charge in [0.2, 0.25) is 5.91 Å². The van der Waals surface area contributed by atoms with Crippen molar-refractivity contribution >= 4 is 5.91 Å². The van der Waals surface area contributed by atoms with E-state index in [0.29, 0.717) is 0 Å². The van der Waals surface area contributed by atoms with Crippen LogP contribution in [0.4, 0.5) is 8.78 Å². The molecule has 2 nitrogen and oxygen atoms in total. The van der Waals surface area contributed by atoms with E-state index in [4.69, 9.17) is 0 Å². The minimum Gasteiger partial charge on any atom is -0.327 e. The van der Waals surface area contributed by atoms with Gasteiger partial charge in [0.25, 0.3) is 5.92 Å². The van der Waals surface area contributed by atoms with E-state index in [-0.39, 0.29) is 11.8 Å². The van der Waals surface area contributed by atoms with Crippen molar-refractivity contribution in [3.63, 3.8) is 0 Å². The highest BCUT2D eigenvalue weighted by Crippen LogP contribution is 2.26. The number of amides is 1. The lowest BCUT2D eigenvalue weighted by Crippen LogP contribution is -2.58. The van der Waals surface area contributed by atoms with Gasteiger partial charge >= 0.3 is 0 Å². The summed E-state index contributed by atoms with van der Waals surface area (Å²) in [5.41, 5.74) is 0. The first-order chi connectivity index (χ1) is 6.91. The Hall–Kier alpha value is -0.930. The molecule has 0 aromatic heterocycles. The third-order valence-corrected chi connectivity index (χ3v) is 1.78. The maximum absolute atomic E-state index is 12.3. The zero-order valence-corrected chi connectivity index (χ0v) is 9.76. The van der Waals surface area contributed by atoms with Gasteiger partial charge in [-0.15, -0.1) is 0 Å². The third-order valence-electron chi connectivity index (χ3n) is 1.78. The van der Waals surface area contributed by atoms with Crippen molar-refractivity contribution in [1.29, 1.82) is 0 Å². The van der Waals surface area contributed by atoms with E-state index >= 15 is 0 Å². The van der Waals surface area contributed by atoms with Gasteiger partial charge < -0.3 is 4.90 Å². The Bertz CT molecular complexity index is 229. The minimum absolute atomic E-state index is 0.269. The molecule has 1 aliphatic rings. The Morgan fingerprint density at radius 3 is 2.13 bits per heavy atom. The summed E-state index contributed by atoms with van der Waals surface area (Å²) in [6.07, 6.45) is 3.07. The first kappa shape index (κ1) is 14.1. The smallest absolute Gasteiger partial charge is 0.282 e. The molecular formula is C11H19F2NO. The number of rotatable bonds is 2. The Labute approximate surface area is 90.0 Å². The number of carbonyl (C=O) groups excluding carboxylic acids is 1. The Morgan fingerprint density at radius 1 is 1.33 bits per heavy atom. The maximum atomic E-state index is 12.3. The quantitative estimate of drug-likeness (QED) is 0.654. The number of hydrogen-bond donors (Lipinski definition) is 0. The van der Waals surface area contributed by atoms with Crippen LogP contribution in [-0.4, -0.2) is 29.8 Å². The Balaban J connectivity index is 0.000000921. The summed E-state index contributed by atoms with van der Waals surface area (Å²) in [6, 6.07) is 0. The predicted octanol–water partition coefficient (Wildman–Crippen LogP) is 2.70. The largest absolute Gasteiger partial charge is 0.327 e. The van der Waals surface area contributed by atoms with Crippen LogP contribution in [0.3, 0.4) is 0 Å². The number of nitrogens with zero attached hydrogens (tertiary/aromatic N) is 1. The zero-order chi connectivity index (χ0) is 12.1. The van der Waals surface area contributed by atoms with Crippen LogP contribution < -0.4 is 0 Å². The monoisotopic (exact) mass is 219 g/mol. The molecule has 0 saturated carbocycles. The van der Waals surface area contributed by atoms with E-state index in [0.717, 1.165) is 4.90 Å². The number of hydrogen-bond acceptors (Lipinski definition) is 1. The summed E-state index contributed by atoms with van der Waals surface area (Å²) in [7, 11) is 0. The van der Waals surface area contributed by atoms with Crippen molar-refractivity contribution < 1.29 is 13.6 Å². The van der Waals surface area contributed by atoms with Crippen LogP contribution in [-0.2, 0) is 4.79 Å². The fourth-order valence-corrected chi connectivity index (χ4v) is 1.05. The van der Waals surface area contributed by atoms with Gasteiger partial charge in [0.1, 0.15) is 0 Å². The lowest BCUT2D eigenvalue weighted by Gasteiger charge is -2.37. The highest BCUT2D eigenvalue weighted by atomic mass is 19.3. The van der Waals surface area contributed by atoms with Crippen LogP contribution in [0, 0.1) is 5.92 Å². The van der Waals surface area contributed by atoms with Gasteiger partial charge in [0.15, 0.2) is 0 Å². The average molecular weight is 219 g/mol. The molecule has 0 unspecified atom stereocenters. The molecule has 0 radical (unpaired) electrons. The van der Waals surface area contributed by atoms with E-state index < -0.39 is 19.0 Å². The van der Waals surface area contributed by atoms with E-state index in [2.05, 4.69) is 0 Å². The van der Waals surface area contributed by atoms with Gasteiger partial charge in [-0.2, -0.15) is 0 Å². The normalized spacial score (nSPS) is 18.5. The summed E-state index contributed by atoms with van der Waals surface area (Å²) >= 11 is 0. The molecule has 0 spiro atoms. The van der Waals surface area contributed by atoms with Crippen LogP contribution >= 0.6 is 0 Å². The lowest BCUT2D eigenvalue weighted by molar-refractivity contribution is -0.160. The number of alkyl halides is 2. The third kappa shape index (κ3) is 4.91. The minimum atomic E-state index is -2.67. The van der Waals surface area contributed by atoms with E-state index in [1.807, 2.05) is 27.7 Å². The first-order valence-corrected chi connectivity index (χ1v) is 5.26. The Kier molecular flexibility index (Phi) is 5.47. The molecule has 0 aromatic rings. The SMILES string of the molecule is CC.CC(C)/C=C/C(=O)N1CC(F)(F)C1. The first-order valence-electron chi connectivity index (χ1n) is 5.26. The number of halogens is 2. The molecule has 1 heterocycles. The van der Waals surface area contributed by atoms with Crippen LogP contribution in [0.1, 0.15) is 27.7 Å². The molecule has 4 heteroatoms. The topological polar surface area (TPSA) is 20.3 Å². The molecule has 0 aliphatic carbocycles. The van der Waals surface area contributed by atoms with Gasteiger partial charge in [0.05, 0.1) is 13.1 Å². The van der Waals surface area contributed by atoms with Crippen molar-refractivity contribution in [3.05, 3.63) is 12.2 Å². The molecule has 1 fully saturated rings. The molecule has 1 amide bonds. The van der Waals surface area contributed by atoms with E-state index in [1.165, 1.54) is 6.08 Å². The second-order valence-corrected chi connectivity index (χ2v) is 3.65. The van der Waals surface area contributed by atoms with Crippen molar-refractivity contribution in [1.82, 2.24) is 4.90 Å². The van der Waals surface area contributed by atoms with Gasteiger partial charge in [-0.1, -0.05) is 33.8 Å². The molecular weight excluding hydrogens is 200 g/mol. The second kappa shape index (κ2) is 5.83.